The number of amides is 2. The van der Waals surface area contributed by atoms with Crippen molar-refractivity contribution in [3.63, 3.8) is 0 Å². The first-order valence-electron chi connectivity index (χ1n) is 9.47. The Balaban J connectivity index is 1.37. The normalized spacial score (nSPS) is 34.0. The fourth-order valence-corrected chi connectivity index (χ4v) is 5.59. The first-order valence-corrected chi connectivity index (χ1v) is 9.47. The topological polar surface area (TPSA) is 67.4 Å². The van der Waals surface area contributed by atoms with E-state index in [9.17, 15) is 9.59 Å². The van der Waals surface area contributed by atoms with Gasteiger partial charge in [0.25, 0.3) is 0 Å². The average molecular weight is 336 g/mol. The second kappa shape index (κ2) is 6.57. The van der Waals surface area contributed by atoms with E-state index in [1.54, 1.807) is 0 Å². The van der Waals surface area contributed by atoms with Crippen molar-refractivity contribution in [1.29, 1.82) is 0 Å². The lowest BCUT2D eigenvalue weighted by Crippen LogP contribution is -2.48. The molecule has 0 atom stereocenters. The molecule has 4 aliphatic carbocycles. The van der Waals surface area contributed by atoms with Crippen LogP contribution in [0.3, 0.4) is 0 Å². The number of ether oxygens (including phenoxy) is 1. The van der Waals surface area contributed by atoms with E-state index >= 15 is 0 Å². The fraction of sp³-hybridized carbons (Fsp3) is 0.895. The van der Waals surface area contributed by atoms with Gasteiger partial charge in [0.05, 0.1) is 0 Å². The minimum atomic E-state index is -0.494. The SMILES string of the molecule is CC(C)(C)OC(=O)NCCNC(=O)CC12CC3CC(CC(C3)C1)C2. The van der Waals surface area contributed by atoms with Crippen LogP contribution in [-0.2, 0) is 9.53 Å². The van der Waals surface area contributed by atoms with Gasteiger partial charge in [-0.1, -0.05) is 0 Å². The van der Waals surface area contributed by atoms with Crippen molar-refractivity contribution in [2.75, 3.05) is 13.1 Å². The standard InChI is InChI=1S/C19H32N2O3/c1-18(2,3)24-17(23)21-5-4-20-16(22)12-19-9-13-6-14(10-19)8-15(7-13)11-19/h13-15H,4-12H2,1-3H3,(H,20,22)(H,21,23). The highest BCUT2D eigenvalue weighted by molar-refractivity contribution is 5.76. The third-order valence-corrected chi connectivity index (χ3v) is 5.82. The van der Waals surface area contributed by atoms with E-state index in [-0.39, 0.29) is 11.3 Å². The number of hydrogen-bond donors (Lipinski definition) is 2. The predicted molar refractivity (Wildman–Crippen MR) is 92.5 cm³/mol. The largest absolute Gasteiger partial charge is 0.444 e. The Kier molecular flexibility index (Phi) is 4.80. The van der Waals surface area contributed by atoms with Crippen LogP contribution < -0.4 is 10.6 Å². The lowest BCUT2D eigenvalue weighted by Gasteiger charge is -2.56. The van der Waals surface area contributed by atoms with Crippen LogP contribution in [-0.4, -0.2) is 30.7 Å². The average Bonchev–Trinajstić information content (AvgIpc) is 2.39. The van der Waals surface area contributed by atoms with Gasteiger partial charge < -0.3 is 15.4 Å². The number of nitrogens with one attached hydrogen (secondary N) is 2. The summed E-state index contributed by atoms with van der Waals surface area (Å²) in [6.07, 6.45) is 8.21. The van der Waals surface area contributed by atoms with Gasteiger partial charge >= 0.3 is 6.09 Å². The van der Waals surface area contributed by atoms with Crippen LogP contribution in [0.1, 0.15) is 65.7 Å². The zero-order valence-electron chi connectivity index (χ0n) is 15.3. The molecule has 4 aliphatic rings. The van der Waals surface area contributed by atoms with Gasteiger partial charge in [0, 0.05) is 19.5 Å². The molecule has 24 heavy (non-hydrogen) atoms. The van der Waals surface area contributed by atoms with E-state index in [1.165, 1.54) is 38.5 Å². The maximum Gasteiger partial charge on any atom is 0.407 e. The summed E-state index contributed by atoms with van der Waals surface area (Å²) in [5.41, 5.74) is -0.219. The quantitative estimate of drug-likeness (QED) is 0.758. The molecule has 2 N–H and O–H groups in total. The third kappa shape index (κ3) is 4.42. The second-order valence-corrected chi connectivity index (χ2v) is 9.37. The monoisotopic (exact) mass is 336 g/mol. The summed E-state index contributed by atoms with van der Waals surface area (Å²) in [5, 5.41) is 5.64. The minimum Gasteiger partial charge on any atom is -0.444 e. The van der Waals surface area contributed by atoms with Gasteiger partial charge in [0.1, 0.15) is 5.60 Å². The van der Waals surface area contributed by atoms with Crippen LogP contribution in [0, 0.1) is 23.2 Å². The highest BCUT2D eigenvalue weighted by Gasteiger charge is 2.51. The van der Waals surface area contributed by atoms with E-state index in [0.717, 1.165) is 17.8 Å². The third-order valence-electron chi connectivity index (χ3n) is 5.82. The van der Waals surface area contributed by atoms with E-state index < -0.39 is 11.7 Å². The molecule has 136 valence electrons. The Morgan fingerprint density at radius 2 is 1.46 bits per heavy atom. The van der Waals surface area contributed by atoms with Crippen molar-refractivity contribution in [1.82, 2.24) is 10.6 Å². The van der Waals surface area contributed by atoms with Crippen LogP contribution in [0.15, 0.2) is 0 Å². The first-order chi connectivity index (χ1) is 11.2. The second-order valence-electron chi connectivity index (χ2n) is 9.37. The summed E-state index contributed by atoms with van der Waals surface area (Å²) in [4.78, 5) is 23.9. The molecule has 5 heteroatoms. The summed E-state index contributed by atoms with van der Waals surface area (Å²) >= 11 is 0. The first kappa shape index (κ1) is 17.6. The van der Waals surface area contributed by atoms with Crippen LogP contribution in [0.4, 0.5) is 4.79 Å². The summed E-state index contributed by atoms with van der Waals surface area (Å²) in [7, 11) is 0. The number of rotatable bonds is 5. The molecule has 0 aromatic carbocycles. The smallest absolute Gasteiger partial charge is 0.407 e. The number of alkyl carbamates (subject to hydrolysis) is 1. The Bertz CT molecular complexity index is 460. The Hall–Kier alpha value is -1.26. The van der Waals surface area contributed by atoms with Crippen LogP contribution >= 0.6 is 0 Å². The highest BCUT2D eigenvalue weighted by Crippen LogP contribution is 2.61. The van der Waals surface area contributed by atoms with Gasteiger partial charge in [0.15, 0.2) is 0 Å². The van der Waals surface area contributed by atoms with Crippen LogP contribution in [0.25, 0.3) is 0 Å². The molecule has 5 nitrogen and oxygen atoms in total. The number of hydrogen-bond acceptors (Lipinski definition) is 3. The number of carbonyl (C=O) groups is 2. The Labute approximate surface area is 145 Å². The van der Waals surface area contributed by atoms with Crippen molar-refractivity contribution < 1.29 is 14.3 Å². The van der Waals surface area contributed by atoms with Crippen molar-refractivity contribution in [2.24, 2.45) is 23.2 Å². The molecule has 0 aliphatic heterocycles. The van der Waals surface area contributed by atoms with Gasteiger partial charge in [-0.25, -0.2) is 4.79 Å². The molecule has 4 rings (SSSR count). The molecule has 4 bridgehead atoms. The molecular formula is C19H32N2O3. The van der Waals surface area contributed by atoms with E-state index in [1.807, 2.05) is 20.8 Å². The van der Waals surface area contributed by atoms with Gasteiger partial charge in [-0.3, -0.25) is 4.79 Å². The molecule has 0 radical (unpaired) electrons. The van der Waals surface area contributed by atoms with E-state index in [0.29, 0.717) is 19.5 Å². The summed E-state index contributed by atoms with van der Waals surface area (Å²) in [6, 6.07) is 0. The zero-order chi connectivity index (χ0) is 17.4. The zero-order valence-corrected chi connectivity index (χ0v) is 15.3. The lowest BCUT2D eigenvalue weighted by atomic mass is 9.49. The molecule has 0 unspecified atom stereocenters. The van der Waals surface area contributed by atoms with Gasteiger partial charge in [-0.05, 0) is 82.5 Å². The predicted octanol–water partition coefficient (Wildman–Crippen LogP) is 3.23. The van der Waals surface area contributed by atoms with Gasteiger partial charge in [-0.2, -0.15) is 0 Å². The Morgan fingerprint density at radius 3 is 1.96 bits per heavy atom. The molecule has 0 aromatic rings. The van der Waals surface area contributed by atoms with Crippen molar-refractivity contribution in [3.05, 3.63) is 0 Å². The molecule has 0 heterocycles. The van der Waals surface area contributed by atoms with E-state index in [4.69, 9.17) is 4.74 Å². The maximum absolute atomic E-state index is 12.3. The molecular weight excluding hydrogens is 304 g/mol. The lowest BCUT2D eigenvalue weighted by molar-refractivity contribution is -0.129. The molecule has 2 amide bonds. The Morgan fingerprint density at radius 1 is 0.958 bits per heavy atom. The van der Waals surface area contributed by atoms with Gasteiger partial charge in [-0.15, -0.1) is 0 Å². The molecule has 4 saturated carbocycles. The summed E-state index contributed by atoms with van der Waals surface area (Å²) < 4.78 is 5.17. The fourth-order valence-electron chi connectivity index (χ4n) is 5.59. The molecule has 4 fully saturated rings. The van der Waals surface area contributed by atoms with Crippen molar-refractivity contribution in [3.8, 4) is 0 Å². The summed E-state index contributed by atoms with van der Waals surface area (Å²) in [6.45, 7) is 6.37. The maximum atomic E-state index is 12.3. The molecule has 0 saturated heterocycles. The van der Waals surface area contributed by atoms with E-state index in [2.05, 4.69) is 10.6 Å². The molecule has 0 aromatic heterocycles. The van der Waals surface area contributed by atoms with Crippen molar-refractivity contribution >= 4 is 12.0 Å². The van der Waals surface area contributed by atoms with Crippen molar-refractivity contribution in [2.45, 2.75) is 71.3 Å². The van der Waals surface area contributed by atoms with Crippen LogP contribution in [0.2, 0.25) is 0 Å². The van der Waals surface area contributed by atoms with Crippen LogP contribution in [0.5, 0.6) is 0 Å². The minimum absolute atomic E-state index is 0.142. The number of carbonyl (C=O) groups excluding carboxylic acids is 2. The molecule has 0 spiro atoms. The summed E-state index contributed by atoms with van der Waals surface area (Å²) in [5.74, 6) is 2.76. The van der Waals surface area contributed by atoms with Gasteiger partial charge in [0.2, 0.25) is 5.91 Å². The highest BCUT2D eigenvalue weighted by atomic mass is 16.6.